The van der Waals surface area contributed by atoms with Gasteiger partial charge >= 0.3 is 0 Å². The number of likely N-dealkylation sites (tertiary alicyclic amines) is 1. The Bertz CT molecular complexity index is 1130. The van der Waals surface area contributed by atoms with Gasteiger partial charge in [-0.1, -0.05) is 0 Å². The Balaban J connectivity index is 1.39. The molecule has 2 aliphatic rings. The summed E-state index contributed by atoms with van der Waals surface area (Å²) in [5.41, 5.74) is 1.31. The third-order valence-corrected chi connectivity index (χ3v) is 6.45. The van der Waals surface area contributed by atoms with Crippen molar-refractivity contribution in [1.29, 1.82) is 0 Å². The molecular formula is C20H24N6O3. The molecule has 0 spiro atoms. The first-order valence-corrected chi connectivity index (χ1v) is 9.99. The molecule has 152 valence electrons. The standard InChI is InChI=1S/C20H24N6O3/c1-13-15(18(28)24-10-7-20(29-2,8-11-24)14-5-6-14)12-21-26(13)19-22-17(27)16-4-3-9-25(16)23-19/h3-4,9,12,14H,5-8,10-11H2,1-2H3,(H,22,23,27). The van der Waals surface area contributed by atoms with Crippen LogP contribution in [0, 0.1) is 12.8 Å². The van der Waals surface area contributed by atoms with Gasteiger partial charge in [-0.2, -0.15) is 5.10 Å². The van der Waals surface area contributed by atoms with E-state index < -0.39 is 0 Å². The third kappa shape index (κ3) is 2.88. The number of nitrogens with one attached hydrogen (secondary N) is 1. The molecule has 3 aromatic heterocycles. The van der Waals surface area contributed by atoms with Crippen molar-refractivity contribution < 1.29 is 9.53 Å². The minimum Gasteiger partial charge on any atom is -0.378 e. The SMILES string of the molecule is COC1(C2CC2)CCN(C(=O)c2cnn(-c3nn4cccc4c(=O)[nH]3)c2C)CC1. The summed E-state index contributed by atoms with van der Waals surface area (Å²) in [6.45, 7) is 3.17. The molecule has 4 heterocycles. The average Bonchev–Trinajstić information content (AvgIpc) is 3.36. The number of hydrogen-bond donors (Lipinski definition) is 1. The maximum Gasteiger partial charge on any atom is 0.276 e. The Morgan fingerprint density at radius 3 is 2.76 bits per heavy atom. The van der Waals surface area contributed by atoms with Crippen molar-refractivity contribution in [2.75, 3.05) is 20.2 Å². The fourth-order valence-corrected chi connectivity index (χ4v) is 4.51. The van der Waals surface area contributed by atoms with Crippen molar-refractivity contribution in [3.63, 3.8) is 0 Å². The second-order valence-electron chi connectivity index (χ2n) is 8.01. The van der Waals surface area contributed by atoms with E-state index in [2.05, 4.69) is 15.2 Å². The van der Waals surface area contributed by atoms with Crippen LogP contribution in [0.2, 0.25) is 0 Å². The number of aromatic nitrogens is 5. The van der Waals surface area contributed by atoms with Gasteiger partial charge in [0.05, 0.1) is 23.1 Å². The van der Waals surface area contributed by atoms with Gasteiger partial charge in [-0.05, 0) is 50.7 Å². The number of fused-ring (bicyclic) bond motifs is 1. The van der Waals surface area contributed by atoms with E-state index in [1.54, 1.807) is 31.6 Å². The molecule has 0 radical (unpaired) electrons. The fourth-order valence-electron chi connectivity index (χ4n) is 4.51. The van der Waals surface area contributed by atoms with E-state index in [-0.39, 0.29) is 23.0 Å². The molecule has 0 bridgehead atoms. The summed E-state index contributed by atoms with van der Waals surface area (Å²) in [5, 5.41) is 8.70. The molecule has 3 aromatic rings. The summed E-state index contributed by atoms with van der Waals surface area (Å²) in [6, 6.07) is 3.45. The summed E-state index contributed by atoms with van der Waals surface area (Å²) in [4.78, 5) is 30.0. The van der Waals surface area contributed by atoms with Gasteiger partial charge in [0, 0.05) is 26.4 Å². The Labute approximate surface area is 167 Å². The van der Waals surface area contributed by atoms with Crippen LogP contribution in [0.5, 0.6) is 0 Å². The van der Waals surface area contributed by atoms with Gasteiger partial charge in [0.25, 0.3) is 11.5 Å². The van der Waals surface area contributed by atoms with Gasteiger partial charge < -0.3 is 9.64 Å². The van der Waals surface area contributed by atoms with Gasteiger partial charge in [0.1, 0.15) is 5.52 Å². The molecule has 1 saturated heterocycles. The lowest BCUT2D eigenvalue weighted by molar-refractivity contribution is -0.0682. The monoisotopic (exact) mass is 396 g/mol. The van der Waals surface area contributed by atoms with Crippen LogP contribution in [0.1, 0.15) is 41.7 Å². The van der Waals surface area contributed by atoms with Crippen molar-refractivity contribution >= 4 is 11.4 Å². The molecule has 0 atom stereocenters. The molecule has 9 heteroatoms. The van der Waals surface area contributed by atoms with Crippen LogP contribution in [-0.2, 0) is 4.74 Å². The van der Waals surface area contributed by atoms with Crippen LogP contribution in [0.4, 0.5) is 0 Å². The van der Waals surface area contributed by atoms with Gasteiger partial charge in [-0.15, -0.1) is 5.10 Å². The van der Waals surface area contributed by atoms with Crippen molar-refractivity contribution in [2.24, 2.45) is 5.92 Å². The lowest BCUT2D eigenvalue weighted by Crippen LogP contribution is -2.49. The number of aromatic amines is 1. The fraction of sp³-hybridized carbons (Fsp3) is 0.500. The van der Waals surface area contributed by atoms with E-state index in [1.807, 2.05) is 11.8 Å². The van der Waals surface area contributed by atoms with Gasteiger partial charge in [0.15, 0.2) is 0 Å². The molecule has 5 rings (SSSR count). The number of amides is 1. The second-order valence-corrected chi connectivity index (χ2v) is 8.01. The number of H-pyrrole nitrogens is 1. The molecule has 2 fully saturated rings. The highest BCUT2D eigenvalue weighted by Gasteiger charge is 2.47. The number of nitrogens with zero attached hydrogens (tertiary/aromatic N) is 5. The Morgan fingerprint density at radius 1 is 1.31 bits per heavy atom. The molecule has 1 aliphatic heterocycles. The number of carbonyl (C=O) groups excluding carboxylic acids is 1. The number of rotatable bonds is 4. The highest BCUT2D eigenvalue weighted by atomic mass is 16.5. The molecule has 0 aromatic carbocycles. The van der Waals surface area contributed by atoms with Crippen LogP contribution in [0.3, 0.4) is 0 Å². The van der Waals surface area contributed by atoms with E-state index in [0.29, 0.717) is 35.8 Å². The Hall–Kier alpha value is -2.94. The number of piperidine rings is 1. The minimum absolute atomic E-state index is 0.0429. The number of carbonyl (C=O) groups is 1. The van der Waals surface area contributed by atoms with Gasteiger partial charge in [0.2, 0.25) is 5.95 Å². The largest absolute Gasteiger partial charge is 0.378 e. The molecule has 1 aliphatic carbocycles. The maximum atomic E-state index is 13.1. The number of methoxy groups -OCH3 is 1. The van der Waals surface area contributed by atoms with Crippen LogP contribution < -0.4 is 5.56 Å². The maximum absolute atomic E-state index is 13.1. The first kappa shape index (κ1) is 18.1. The zero-order valence-electron chi connectivity index (χ0n) is 16.6. The molecular weight excluding hydrogens is 372 g/mol. The van der Waals surface area contributed by atoms with Gasteiger partial charge in [-0.3, -0.25) is 14.6 Å². The van der Waals surface area contributed by atoms with E-state index >= 15 is 0 Å². The number of hydrogen-bond acceptors (Lipinski definition) is 5. The predicted octanol–water partition coefficient (Wildman–Crippen LogP) is 1.55. The highest BCUT2D eigenvalue weighted by Crippen LogP contribution is 2.47. The molecule has 0 unspecified atom stereocenters. The first-order chi connectivity index (χ1) is 14.0. The summed E-state index contributed by atoms with van der Waals surface area (Å²) in [5.74, 6) is 0.875. The van der Waals surface area contributed by atoms with E-state index in [1.165, 1.54) is 22.0 Å². The topological polar surface area (TPSA) is 97.5 Å². The van der Waals surface area contributed by atoms with Crippen LogP contribution >= 0.6 is 0 Å². The van der Waals surface area contributed by atoms with E-state index in [0.717, 1.165) is 12.8 Å². The number of ether oxygens (including phenoxy) is 1. The lowest BCUT2D eigenvalue weighted by Gasteiger charge is -2.41. The smallest absolute Gasteiger partial charge is 0.276 e. The van der Waals surface area contributed by atoms with Crippen molar-refractivity contribution in [3.05, 3.63) is 46.1 Å². The first-order valence-electron chi connectivity index (χ1n) is 9.99. The van der Waals surface area contributed by atoms with E-state index in [4.69, 9.17) is 4.74 Å². The average molecular weight is 396 g/mol. The van der Waals surface area contributed by atoms with Crippen LogP contribution in [0.25, 0.3) is 11.5 Å². The highest BCUT2D eigenvalue weighted by molar-refractivity contribution is 5.95. The van der Waals surface area contributed by atoms with Crippen molar-refractivity contribution in [1.82, 2.24) is 29.3 Å². The Kier molecular flexibility index (Phi) is 4.09. The zero-order valence-corrected chi connectivity index (χ0v) is 16.6. The molecule has 1 amide bonds. The van der Waals surface area contributed by atoms with Crippen molar-refractivity contribution in [2.45, 2.75) is 38.2 Å². The van der Waals surface area contributed by atoms with Gasteiger partial charge in [-0.25, -0.2) is 9.20 Å². The second kappa shape index (κ2) is 6.55. The third-order valence-electron chi connectivity index (χ3n) is 6.45. The normalized spacial score (nSPS) is 19.0. The quantitative estimate of drug-likeness (QED) is 0.722. The molecule has 1 N–H and O–H groups in total. The van der Waals surface area contributed by atoms with Crippen LogP contribution in [-0.4, -0.2) is 61.0 Å². The molecule has 29 heavy (non-hydrogen) atoms. The molecule has 1 saturated carbocycles. The summed E-state index contributed by atoms with van der Waals surface area (Å²) in [6.07, 6.45) is 7.44. The minimum atomic E-state index is -0.255. The zero-order chi connectivity index (χ0) is 20.2. The lowest BCUT2D eigenvalue weighted by atomic mass is 9.86. The summed E-state index contributed by atoms with van der Waals surface area (Å²) in [7, 11) is 1.79. The summed E-state index contributed by atoms with van der Waals surface area (Å²) >= 11 is 0. The van der Waals surface area contributed by atoms with Crippen LogP contribution in [0.15, 0.2) is 29.3 Å². The summed E-state index contributed by atoms with van der Waals surface area (Å²) < 4.78 is 8.87. The van der Waals surface area contributed by atoms with E-state index in [9.17, 15) is 9.59 Å². The Morgan fingerprint density at radius 2 is 2.07 bits per heavy atom. The predicted molar refractivity (Wildman–Crippen MR) is 105 cm³/mol. The molecule has 9 nitrogen and oxygen atoms in total. The van der Waals surface area contributed by atoms with Crippen molar-refractivity contribution in [3.8, 4) is 5.95 Å².